The number of hydrogen-bond acceptors (Lipinski definition) is 3. The molecule has 1 saturated carbocycles. The highest BCUT2D eigenvalue weighted by Gasteiger charge is 2.35. The number of amides is 1. The molecule has 1 aromatic heterocycles. The molecule has 0 spiro atoms. The van der Waals surface area contributed by atoms with Gasteiger partial charge < -0.3 is 9.32 Å². The van der Waals surface area contributed by atoms with Gasteiger partial charge in [-0.25, -0.2) is 4.98 Å². The molecule has 0 bridgehead atoms. The summed E-state index contributed by atoms with van der Waals surface area (Å²) in [5, 5.41) is 0. The summed E-state index contributed by atoms with van der Waals surface area (Å²) in [6.45, 7) is 3.59. The summed E-state index contributed by atoms with van der Waals surface area (Å²) in [7, 11) is 1.88. The largest absolute Gasteiger partial charge is 0.436 e. The van der Waals surface area contributed by atoms with Crippen molar-refractivity contribution in [2.45, 2.75) is 45.1 Å². The Morgan fingerprint density at radius 1 is 1.23 bits per heavy atom. The van der Waals surface area contributed by atoms with Gasteiger partial charge >= 0.3 is 0 Å². The van der Waals surface area contributed by atoms with Crippen molar-refractivity contribution in [1.82, 2.24) is 9.88 Å². The molecule has 1 aliphatic carbocycles. The number of benzene rings is 1. The quantitative estimate of drug-likeness (QED) is 0.868. The number of oxazole rings is 1. The lowest BCUT2D eigenvalue weighted by Crippen LogP contribution is -2.38. The van der Waals surface area contributed by atoms with Crippen LogP contribution in [0.4, 0.5) is 0 Å². The van der Waals surface area contributed by atoms with Gasteiger partial charge in [0.1, 0.15) is 0 Å². The van der Waals surface area contributed by atoms with Crippen LogP contribution in [-0.4, -0.2) is 28.9 Å². The molecule has 1 aliphatic rings. The van der Waals surface area contributed by atoms with Gasteiger partial charge in [0.2, 0.25) is 5.76 Å². The lowest BCUT2D eigenvalue weighted by atomic mass is 9.93. The highest BCUT2D eigenvalue weighted by atomic mass is 16.4. The van der Waals surface area contributed by atoms with Crippen LogP contribution in [0.3, 0.4) is 0 Å². The predicted octanol–water partition coefficient (Wildman–Crippen LogP) is 3.70. The van der Waals surface area contributed by atoms with Crippen LogP contribution in [0.2, 0.25) is 0 Å². The summed E-state index contributed by atoms with van der Waals surface area (Å²) in [5.74, 6) is 1.25. The van der Waals surface area contributed by atoms with Crippen molar-refractivity contribution in [3.63, 3.8) is 0 Å². The van der Waals surface area contributed by atoms with E-state index < -0.39 is 0 Å². The van der Waals surface area contributed by atoms with E-state index in [2.05, 4.69) is 29.2 Å². The number of nitrogens with zero attached hydrogens (tertiary/aromatic N) is 2. The van der Waals surface area contributed by atoms with Crippen molar-refractivity contribution in [2.24, 2.45) is 0 Å². The van der Waals surface area contributed by atoms with Crippen LogP contribution in [0, 0.1) is 13.8 Å². The van der Waals surface area contributed by atoms with Crippen LogP contribution in [0.5, 0.6) is 0 Å². The van der Waals surface area contributed by atoms with Gasteiger partial charge in [0.05, 0.1) is 5.69 Å². The molecule has 2 aromatic rings. The SMILES string of the molecule is Cc1nc(C)c(C(=O)N(C)[C@H]2CCC[C@H]2c2ccccc2)o1. The summed E-state index contributed by atoms with van der Waals surface area (Å²) >= 11 is 0. The molecule has 116 valence electrons. The number of likely N-dealkylation sites (N-methyl/N-ethyl adjacent to an activating group) is 1. The van der Waals surface area contributed by atoms with Gasteiger partial charge in [-0.15, -0.1) is 0 Å². The standard InChI is InChI=1S/C18H22N2O2/c1-12-17(22-13(2)19-12)18(21)20(3)16-11-7-10-15(16)14-8-5-4-6-9-14/h4-6,8-9,15-16H,7,10-11H2,1-3H3/t15-,16-/m0/s1. The van der Waals surface area contributed by atoms with Crippen LogP contribution in [0.15, 0.2) is 34.7 Å². The van der Waals surface area contributed by atoms with Gasteiger partial charge in [-0.1, -0.05) is 36.8 Å². The third-order valence-electron chi connectivity index (χ3n) is 4.62. The van der Waals surface area contributed by atoms with Crippen molar-refractivity contribution < 1.29 is 9.21 Å². The Labute approximate surface area is 131 Å². The van der Waals surface area contributed by atoms with Crippen molar-refractivity contribution in [3.05, 3.63) is 53.2 Å². The second kappa shape index (κ2) is 5.95. The molecule has 4 heteroatoms. The van der Waals surface area contributed by atoms with E-state index in [0.717, 1.165) is 19.3 Å². The van der Waals surface area contributed by atoms with E-state index in [1.807, 2.05) is 24.9 Å². The number of aryl methyl sites for hydroxylation is 2. The first-order valence-electron chi connectivity index (χ1n) is 7.84. The number of aromatic nitrogens is 1. The molecule has 1 amide bonds. The van der Waals surface area contributed by atoms with Crippen molar-refractivity contribution in [1.29, 1.82) is 0 Å². The molecule has 4 nitrogen and oxygen atoms in total. The molecule has 22 heavy (non-hydrogen) atoms. The average molecular weight is 298 g/mol. The third-order valence-corrected chi connectivity index (χ3v) is 4.62. The molecule has 1 fully saturated rings. The summed E-state index contributed by atoms with van der Waals surface area (Å²) in [4.78, 5) is 18.8. The van der Waals surface area contributed by atoms with Crippen LogP contribution in [0.1, 0.15) is 52.9 Å². The van der Waals surface area contributed by atoms with E-state index in [0.29, 0.717) is 23.3 Å². The maximum absolute atomic E-state index is 12.7. The molecule has 1 heterocycles. The zero-order chi connectivity index (χ0) is 15.7. The fourth-order valence-electron chi connectivity index (χ4n) is 3.53. The smallest absolute Gasteiger partial charge is 0.291 e. The second-order valence-corrected chi connectivity index (χ2v) is 6.08. The van der Waals surface area contributed by atoms with Gasteiger partial charge in [0.15, 0.2) is 5.89 Å². The van der Waals surface area contributed by atoms with E-state index in [9.17, 15) is 4.79 Å². The fourth-order valence-corrected chi connectivity index (χ4v) is 3.53. The van der Waals surface area contributed by atoms with Gasteiger partial charge in [0.25, 0.3) is 5.91 Å². The first-order chi connectivity index (χ1) is 10.6. The maximum atomic E-state index is 12.7. The Bertz CT molecular complexity index is 663. The molecule has 0 unspecified atom stereocenters. The van der Waals surface area contributed by atoms with E-state index >= 15 is 0 Å². The second-order valence-electron chi connectivity index (χ2n) is 6.08. The Hall–Kier alpha value is -2.10. The van der Waals surface area contributed by atoms with Crippen molar-refractivity contribution >= 4 is 5.91 Å². The van der Waals surface area contributed by atoms with Gasteiger partial charge in [0, 0.05) is 25.9 Å². The van der Waals surface area contributed by atoms with E-state index in [1.54, 1.807) is 6.92 Å². The molecule has 0 saturated heterocycles. The first kappa shape index (κ1) is 14.8. The van der Waals surface area contributed by atoms with E-state index in [4.69, 9.17) is 4.42 Å². The number of rotatable bonds is 3. The van der Waals surface area contributed by atoms with Gasteiger partial charge in [-0.05, 0) is 25.3 Å². The highest BCUT2D eigenvalue weighted by Crippen LogP contribution is 2.37. The zero-order valence-electron chi connectivity index (χ0n) is 13.4. The van der Waals surface area contributed by atoms with E-state index in [1.165, 1.54) is 5.56 Å². The molecule has 0 radical (unpaired) electrons. The van der Waals surface area contributed by atoms with Gasteiger partial charge in [-0.2, -0.15) is 0 Å². The van der Waals surface area contributed by atoms with Crippen LogP contribution in [0.25, 0.3) is 0 Å². The number of carbonyl (C=O) groups excluding carboxylic acids is 1. The molecular weight excluding hydrogens is 276 g/mol. The minimum atomic E-state index is -0.0640. The monoisotopic (exact) mass is 298 g/mol. The summed E-state index contributed by atoms with van der Waals surface area (Å²) in [5.41, 5.74) is 1.98. The Morgan fingerprint density at radius 2 is 1.95 bits per heavy atom. The minimum absolute atomic E-state index is 0.0640. The molecule has 0 N–H and O–H groups in total. The zero-order valence-corrected chi connectivity index (χ0v) is 13.4. The highest BCUT2D eigenvalue weighted by molar-refractivity contribution is 5.92. The summed E-state index contributed by atoms with van der Waals surface area (Å²) in [6.07, 6.45) is 3.31. The van der Waals surface area contributed by atoms with Crippen LogP contribution in [-0.2, 0) is 0 Å². The number of hydrogen-bond donors (Lipinski definition) is 0. The minimum Gasteiger partial charge on any atom is -0.436 e. The molecule has 3 rings (SSSR count). The molecule has 0 aliphatic heterocycles. The molecule has 2 atom stereocenters. The summed E-state index contributed by atoms with van der Waals surface area (Å²) in [6, 6.07) is 10.7. The molecular formula is C18H22N2O2. The van der Waals surface area contributed by atoms with E-state index in [-0.39, 0.29) is 11.9 Å². The lowest BCUT2D eigenvalue weighted by Gasteiger charge is -2.29. The predicted molar refractivity (Wildman–Crippen MR) is 84.9 cm³/mol. The normalized spacial score (nSPS) is 21.0. The van der Waals surface area contributed by atoms with Crippen molar-refractivity contribution in [3.8, 4) is 0 Å². The Morgan fingerprint density at radius 3 is 2.59 bits per heavy atom. The third kappa shape index (κ3) is 2.65. The van der Waals surface area contributed by atoms with Crippen LogP contribution >= 0.6 is 0 Å². The van der Waals surface area contributed by atoms with Gasteiger partial charge in [-0.3, -0.25) is 4.79 Å². The van der Waals surface area contributed by atoms with Crippen LogP contribution < -0.4 is 0 Å². The maximum Gasteiger partial charge on any atom is 0.291 e. The number of carbonyl (C=O) groups is 1. The average Bonchev–Trinajstić information content (AvgIpc) is 3.13. The summed E-state index contributed by atoms with van der Waals surface area (Å²) < 4.78 is 5.50. The first-order valence-corrected chi connectivity index (χ1v) is 7.84. The Kier molecular flexibility index (Phi) is 4.01. The molecule has 1 aromatic carbocycles. The topological polar surface area (TPSA) is 46.3 Å². The van der Waals surface area contributed by atoms with Crippen molar-refractivity contribution in [2.75, 3.05) is 7.05 Å². The Balaban J connectivity index is 1.83. The fraction of sp³-hybridized carbons (Fsp3) is 0.444. The lowest BCUT2D eigenvalue weighted by molar-refractivity contribution is 0.0687.